The van der Waals surface area contributed by atoms with Crippen molar-refractivity contribution in [2.45, 2.75) is 23.8 Å². The normalized spacial score (nSPS) is 20.6. The lowest BCUT2D eigenvalue weighted by atomic mass is 10.1. The van der Waals surface area contributed by atoms with Crippen LogP contribution in [0.25, 0.3) is 0 Å². The number of fused-ring (bicyclic) bond motifs is 1. The van der Waals surface area contributed by atoms with E-state index < -0.39 is 16.9 Å². The van der Waals surface area contributed by atoms with Gasteiger partial charge in [-0.15, -0.1) is 0 Å². The minimum absolute atomic E-state index is 0.0470. The largest absolute Gasteiger partial charge is 0.768 e. The number of amides is 1. The minimum Gasteiger partial charge on any atom is -0.768 e. The van der Waals surface area contributed by atoms with Gasteiger partial charge in [0.05, 0.1) is 5.02 Å². The predicted molar refractivity (Wildman–Crippen MR) is 96.8 cm³/mol. The molecule has 0 saturated carbocycles. The molecule has 2 aromatic rings. The lowest BCUT2D eigenvalue weighted by Gasteiger charge is -2.26. The Balaban J connectivity index is 1.58. The van der Waals surface area contributed by atoms with Gasteiger partial charge in [-0.2, -0.15) is 0 Å². The van der Waals surface area contributed by atoms with Crippen LogP contribution in [-0.4, -0.2) is 33.8 Å². The van der Waals surface area contributed by atoms with Gasteiger partial charge in [0.25, 0.3) is 0 Å². The molecule has 0 aliphatic carbocycles. The van der Waals surface area contributed by atoms with Crippen LogP contribution in [0.4, 0.5) is 15.8 Å². The minimum atomic E-state index is -2.29. The zero-order valence-corrected chi connectivity index (χ0v) is 15.2. The van der Waals surface area contributed by atoms with Crippen molar-refractivity contribution in [2.75, 3.05) is 22.9 Å². The van der Waals surface area contributed by atoms with Gasteiger partial charge in [0.1, 0.15) is 11.9 Å². The summed E-state index contributed by atoms with van der Waals surface area (Å²) < 4.78 is 35.6. The first-order valence-corrected chi connectivity index (χ1v) is 9.67. The van der Waals surface area contributed by atoms with Crippen LogP contribution in [0.15, 0.2) is 41.3 Å². The summed E-state index contributed by atoms with van der Waals surface area (Å²) in [5.41, 5.74) is 2.23. The number of rotatable bonds is 3. The number of halogens is 2. The van der Waals surface area contributed by atoms with Gasteiger partial charge in [0.15, 0.2) is 0 Å². The summed E-state index contributed by atoms with van der Waals surface area (Å²) in [6.07, 6.45) is 1.25. The van der Waals surface area contributed by atoms with Crippen LogP contribution in [0.3, 0.4) is 0 Å². The highest BCUT2D eigenvalue weighted by atomic mass is 35.5. The highest BCUT2D eigenvalue weighted by Gasteiger charge is 2.39. The molecule has 0 bridgehead atoms. The summed E-state index contributed by atoms with van der Waals surface area (Å²) in [7, 11) is 0. The van der Waals surface area contributed by atoms with Gasteiger partial charge in [0, 0.05) is 29.4 Å². The third-order valence-corrected chi connectivity index (χ3v) is 6.04. The van der Waals surface area contributed by atoms with E-state index in [0.29, 0.717) is 31.6 Å². The first-order valence-electron chi connectivity index (χ1n) is 8.21. The van der Waals surface area contributed by atoms with Crippen LogP contribution in [0.5, 0.6) is 0 Å². The molecule has 26 heavy (non-hydrogen) atoms. The first kappa shape index (κ1) is 17.5. The third kappa shape index (κ3) is 2.80. The Bertz CT molecular complexity index is 906. The van der Waals surface area contributed by atoms with Crippen molar-refractivity contribution in [2.24, 2.45) is 0 Å². The quantitative estimate of drug-likeness (QED) is 0.752. The first-order chi connectivity index (χ1) is 12.5. The highest BCUT2D eigenvalue weighted by molar-refractivity contribution is 7.79. The molecular weight excluding hydrogens is 379 g/mol. The second-order valence-corrected chi connectivity index (χ2v) is 7.64. The maximum atomic E-state index is 13.7. The molecule has 1 amide bonds. The van der Waals surface area contributed by atoms with Crippen molar-refractivity contribution >= 4 is 40.0 Å². The Hall–Kier alpha value is -1.96. The Labute approximate surface area is 157 Å². The average Bonchev–Trinajstić information content (AvgIpc) is 3.22. The second kappa shape index (κ2) is 6.64. The van der Waals surface area contributed by atoms with Crippen LogP contribution in [0.1, 0.15) is 12.0 Å². The third-order valence-electron chi connectivity index (χ3n) is 4.98. The summed E-state index contributed by atoms with van der Waals surface area (Å²) >= 11 is 3.77. The smallest absolute Gasteiger partial charge is 0.249 e. The van der Waals surface area contributed by atoms with Crippen LogP contribution in [0, 0.1) is 5.82 Å². The number of carbonyl (C=O) groups excluding carboxylic acids is 1. The van der Waals surface area contributed by atoms with Crippen molar-refractivity contribution in [3.05, 3.63) is 52.8 Å². The predicted octanol–water partition coefficient (Wildman–Crippen LogP) is 2.89. The summed E-state index contributed by atoms with van der Waals surface area (Å²) in [5.74, 6) is -0.489. The average molecular weight is 394 g/mol. The van der Waals surface area contributed by atoms with Crippen molar-refractivity contribution in [3.8, 4) is 0 Å². The molecule has 1 unspecified atom stereocenters. The summed E-state index contributed by atoms with van der Waals surface area (Å²) in [6.45, 7) is 1.17. The van der Waals surface area contributed by atoms with Gasteiger partial charge >= 0.3 is 0 Å². The SMILES string of the molecule is O=C1[C@@H](N2CCc3c2ccc(F)c3Cl)CCN1c1ccc(S(=O)[O-])cc1. The lowest BCUT2D eigenvalue weighted by molar-refractivity contribution is -0.118. The van der Waals surface area contributed by atoms with E-state index in [4.69, 9.17) is 11.6 Å². The highest BCUT2D eigenvalue weighted by Crippen LogP contribution is 2.38. The van der Waals surface area contributed by atoms with Crippen LogP contribution in [0.2, 0.25) is 5.02 Å². The molecule has 136 valence electrons. The van der Waals surface area contributed by atoms with Gasteiger partial charge in [0.2, 0.25) is 5.91 Å². The van der Waals surface area contributed by atoms with Crippen LogP contribution >= 0.6 is 11.6 Å². The Morgan fingerprint density at radius 3 is 2.58 bits per heavy atom. The van der Waals surface area contributed by atoms with E-state index in [2.05, 4.69) is 0 Å². The Kier molecular flexibility index (Phi) is 4.46. The van der Waals surface area contributed by atoms with Gasteiger partial charge in [-0.05, 0) is 65.9 Å². The topological polar surface area (TPSA) is 63.7 Å². The van der Waals surface area contributed by atoms with Crippen LogP contribution < -0.4 is 9.80 Å². The molecule has 5 nitrogen and oxygen atoms in total. The van der Waals surface area contributed by atoms with Gasteiger partial charge in [-0.25, -0.2) is 4.39 Å². The standard InChI is InChI=1S/C18H16ClFN2O3S/c19-17-13-7-9-22(15(13)6-5-14(17)20)16-8-10-21(18(16)23)11-1-3-12(4-2-11)26(24)25/h1-6,16H,7-10H2,(H,24,25)/p-1/t16-/m0/s1. The Morgan fingerprint density at radius 1 is 1.15 bits per heavy atom. The monoisotopic (exact) mass is 393 g/mol. The van der Waals surface area contributed by atoms with Gasteiger partial charge < -0.3 is 14.4 Å². The van der Waals surface area contributed by atoms with E-state index in [1.165, 1.54) is 18.2 Å². The number of nitrogens with zero attached hydrogens (tertiary/aromatic N) is 2. The van der Waals surface area contributed by atoms with Gasteiger partial charge in [-0.3, -0.25) is 9.00 Å². The maximum Gasteiger partial charge on any atom is 0.249 e. The molecular formula is C18H15ClFN2O3S-. The number of benzene rings is 2. The molecule has 1 fully saturated rings. The molecule has 2 heterocycles. The van der Waals surface area contributed by atoms with E-state index in [0.717, 1.165) is 11.3 Å². The fourth-order valence-corrected chi connectivity index (χ4v) is 4.33. The van der Waals surface area contributed by atoms with E-state index in [1.54, 1.807) is 23.1 Å². The molecule has 2 aliphatic heterocycles. The lowest BCUT2D eigenvalue weighted by Crippen LogP contribution is -2.41. The van der Waals surface area contributed by atoms with E-state index >= 15 is 0 Å². The molecule has 1 saturated heterocycles. The summed E-state index contributed by atoms with van der Waals surface area (Å²) in [5, 5.41) is 0.133. The summed E-state index contributed by atoms with van der Waals surface area (Å²) in [4.78, 5) is 16.8. The molecule has 2 atom stereocenters. The summed E-state index contributed by atoms with van der Waals surface area (Å²) in [6, 6.07) is 8.91. The molecule has 2 aromatic carbocycles. The number of carbonyl (C=O) groups is 1. The number of anilines is 2. The van der Waals surface area contributed by atoms with Gasteiger partial charge in [-0.1, -0.05) is 11.6 Å². The molecule has 0 aromatic heterocycles. The van der Waals surface area contributed by atoms with E-state index in [9.17, 15) is 17.9 Å². The number of hydrogen-bond donors (Lipinski definition) is 0. The second-order valence-electron chi connectivity index (χ2n) is 6.33. The fraction of sp³-hybridized carbons (Fsp3) is 0.278. The van der Waals surface area contributed by atoms with Crippen molar-refractivity contribution < 1.29 is 17.9 Å². The van der Waals surface area contributed by atoms with Crippen molar-refractivity contribution in [3.63, 3.8) is 0 Å². The van der Waals surface area contributed by atoms with Crippen LogP contribution in [-0.2, 0) is 22.3 Å². The molecule has 0 spiro atoms. The van der Waals surface area contributed by atoms with Crippen molar-refractivity contribution in [1.82, 2.24) is 0 Å². The molecule has 0 N–H and O–H groups in total. The maximum absolute atomic E-state index is 13.7. The molecule has 4 rings (SSSR count). The molecule has 2 aliphatic rings. The van der Waals surface area contributed by atoms with E-state index in [-0.39, 0.29) is 21.9 Å². The molecule has 8 heteroatoms. The molecule has 0 radical (unpaired) electrons. The fourth-order valence-electron chi connectivity index (χ4n) is 3.71. The Morgan fingerprint density at radius 2 is 1.88 bits per heavy atom. The zero-order valence-electron chi connectivity index (χ0n) is 13.7. The number of hydrogen-bond acceptors (Lipinski definition) is 4. The zero-order chi connectivity index (χ0) is 18.4. The van der Waals surface area contributed by atoms with E-state index in [1.807, 2.05) is 4.90 Å². The van der Waals surface area contributed by atoms with Crippen molar-refractivity contribution in [1.29, 1.82) is 0 Å².